The topological polar surface area (TPSA) is 59.2 Å². The molecule has 18 heavy (non-hydrogen) atoms. The number of nitrogens with zero attached hydrogens (tertiary/aromatic N) is 2. The maximum Gasteiger partial charge on any atom is 0.240 e. The fraction of sp³-hybridized carbons (Fsp3) is 0.538. The summed E-state index contributed by atoms with van der Waals surface area (Å²) in [5.74, 6) is 1.75. The maximum atomic E-state index is 12.1. The van der Waals surface area contributed by atoms with E-state index < -0.39 is 0 Å². The third kappa shape index (κ3) is 3.23. The summed E-state index contributed by atoms with van der Waals surface area (Å²) in [6.07, 6.45) is 0. The van der Waals surface area contributed by atoms with Gasteiger partial charge in [0.2, 0.25) is 5.91 Å². The normalized spacial score (nSPS) is 20.9. The van der Waals surface area contributed by atoms with Crippen molar-refractivity contribution in [3.63, 3.8) is 0 Å². The molecule has 1 atom stereocenters. The van der Waals surface area contributed by atoms with E-state index in [0.717, 1.165) is 35.0 Å². The summed E-state index contributed by atoms with van der Waals surface area (Å²) in [6.45, 7) is 5.36. The van der Waals surface area contributed by atoms with Crippen LogP contribution in [0, 0.1) is 13.8 Å². The van der Waals surface area contributed by atoms with E-state index in [1.165, 1.54) is 0 Å². The fourth-order valence-electron chi connectivity index (χ4n) is 2.19. The van der Waals surface area contributed by atoms with Crippen molar-refractivity contribution in [3.8, 4) is 0 Å². The summed E-state index contributed by atoms with van der Waals surface area (Å²) < 4.78 is 0. The van der Waals surface area contributed by atoms with E-state index in [9.17, 15) is 4.79 Å². The van der Waals surface area contributed by atoms with Crippen LogP contribution < -0.4 is 5.73 Å². The van der Waals surface area contributed by atoms with Crippen LogP contribution in [0.4, 0.5) is 0 Å². The summed E-state index contributed by atoms with van der Waals surface area (Å²) >= 11 is 1.75. The largest absolute Gasteiger partial charge is 0.336 e. The molecular weight excluding hydrogens is 246 g/mol. The quantitative estimate of drug-likeness (QED) is 0.870. The molecule has 0 radical (unpaired) electrons. The number of thioether (sulfide) groups is 1. The van der Waals surface area contributed by atoms with Gasteiger partial charge in [-0.1, -0.05) is 0 Å². The van der Waals surface area contributed by atoms with E-state index >= 15 is 0 Å². The van der Waals surface area contributed by atoms with Crippen LogP contribution in [-0.4, -0.2) is 39.9 Å². The molecule has 1 aliphatic rings. The molecule has 0 aromatic carbocycles. The third-order valence-electron chi connectivity index (χ3n) is 2.95. The van der Waals surface area contributed by atoms with Crippen LogP contribution in [0.1, 0.15) is 17.0 Å². The standard InChI is InChI=1S/C13H19N3OS/c1-9-5-11(6-10(2)15-9)7-16-3-4-18-8-12(14)13(16)17/h5-6,12H,3-4,7-8,14H2,1-2H3. The van der Waals surface area contributed by atoms with Crippen LogP contribution in [0.25, 0.3) is 0 Å². The second kappa shape index (κ2) is 5.71. The number of carbonyl (C=O) groups is 1. The molecule has 0 saturated carbocycles. The number of amides is 1. The Bertz CT molecular complexity index is 430. The lowest BCUT2D eigenvalue weighted by molar-refractivity contribution is -0.132. The number of aryl methyl sites for hydroxylation is 2. The van der Waals surface area contributed by atoms with E-state index in [1.807, 2.05) is 30.9 Å². The Hall–Kier alpha value is -1.07. The molecule has 1 aromatic heterocycles. The zero-order chi connectivity index (χ0) is 13.1. The molecule has 98 valence electrons. The van der Waals surface area contributed by atoms with Gasteiger partial charge in [0.15, 0.2) is 0 Å². The first kappa shape index (κ1) is 13.4. The Morgan fingerprint density at radius 3 is 2.78 bits per heavy atom. The number of carbonyl (C=O) groups excluding carboxylic acids is 1. The summed E-state index contributed by atoms with van der Waals surface area (Å²) in [4.78, 5) is 18.3. The minimum absolute atomic E-state index is 0.0621. The number of nitrogens with two attached hydrogens (primary N) is 1. The van der Waals surface area contributed by atoms with Crippen LogP contribution >= 0.6 is 11.8 Å². The Balaban J connectivity index is 2.13. The van der Waals surface area contributed by atoms with Crippen molar-refractivity contribution < 1.29 is 4.79 Å². The smallest absolute Gasteiger partial charge is 0.240 e. The molecule has 0 aliphatic carbocycles. The van der Waals surface area contributed by atoms with Gasteiger partial charge in [0.1, 0.15) is 0 Å². The molecule has 0 spiro atoms. The highest BCUT2D eigenvalue weighted by atomic mass is 32.2. The summed E-state index contributed by atoms with van der Waals surface area (Å²) in [7, 11) is 0. The van der Waals surface area contributed by atoms with E-state index in [0.29, 0.717) is 6.54 Å². The van der Waals surface area contributed by atoms with Gasteiger partial charge in [-0.3, -0.25) is 9.78 Å². The highest BCUT2D eigenvalue weighted by Crippen LogP contribution is 2.15. The molecule has 2 rings (SSSR count). The van der Waals surface area contributed by atoms with Gasteiger partial charge in [-0.05, 0) is 31.5 Å². The number of pyridine rings is 1. The van der Waals surface area contributed by atoms with E-state index in [4.69, 9.17) is 5.73 Å². The predicted molar refractivity (Wildman–Crippen MR) is 74.4 cm³/mol. The van der Waals surface area contributed by atoms with Gasteiger partial charge in [-0.25, -0.2) is 0 Å². The molecule has 1 aliphatic heterocycles. The Morgan fingerprint density at radius 2 is 2.11 bits per heavy atom. The van der Waals surface area contributed by atoms with Crippen molar-refractivity contribution in [2.75, 3.05) is 18.1 Å². The van der Waals surface area contributed by atoms with Crippen LogP contribution in [0.15, 0.2) is 12.1 Å². The van der Waals surface area contributed by atoms with Crippen molar-refractivity contribution in [3.05, 3.63) is 29.1 Å². The molecule has 2 heterocycles. The minimum Gasteiger partial charge on any atom is -0.336 e. The monoisotopic (exact) mass is 265 g/mol. The van der Waals surface area contributed by atoms with Crippen LogP contribution in [0.5, 0.6) is 0 Å². The first-order chi connectivity index (χ1) is 8.56. The summed E-state index contributed by atoms with van der Waals surface area (Å²) in [5, 5.41) is 0. The van der Waals surface area contributed by atoms with E-state index in [1.54, 1.807) is 11.8 Å². The maximum absolute atomic E-state index is 12.1. The lowest BCUT2D eigenvalue weighted by Gasteiger charge is -2.22. The third-order valence-corrected chi connectivity index (χ3v) is 4.01. The average Bonchev–Trinajstić information content (AvgIpc) is 2.43. The Labute approximate surface area is 112 Å². The highest BCUT2D eigenvalue weighted by Gasteiger charge is 2.24. The molecule has 2 N–H and O–H groups in total. The molecule has 1 saturated heterocycles. The molecule has 4 nitrogen and oxygen atoms in total. The fourth-order valence-corrected chi connectivity index (χ4v) is 3.10. The van der Waals surface area contributed by atoms with Gasteiger partial charge in [-0.15, -0.1) is 0 Å². The summed E-state index contributed by atoms with van der Waals surface area (Å²) in [6, 6.07) is 3.70. The summed E-state index contributed by atoms with van der Waals surface area (Å²) in [5.41, 5.74) is 8.97. The van der Waals surface area contributed by atoms with Gasteiger partial charge in [0, 0.05) is 36.0 Å². The number of aromatic nitrogens is 1. The molecular formula is C13H19N3OS. The van der Waals surface area contributed by atoms with Gasteiger partial charge in [0.25, 0.3) is 0 Å². The number of rotatable bonds is 2. The predicted octanol–water partition coefficient (Wildman–Crippen LogP) is 1.10. The van der Waals surface area contributed by atoms with Gasteiger partial charge in [-0.2, -0.15) is 11.8 Å². The molecule has 1 unspecified atom stereocenters. The van der Waals surface area contributed by atoms with Crippen molar-refractivity contribution in [2.24, 2.45) is 5.73 Å². The molecule has 1 aromatic rings. The molecule has 1 amide bonds. The first-order valence-corrected chi connectivity index (χ1v) is 7.28. The SMILES string of the molecule is Cc1cc(CN2CCSCC(N)C2=O)cc(C)n1. The van der Waals surface area contributed by atoms with Crippen LogP contribution in [-0.2, 0) is 11.3 Å². The Kier molecular flexibility index (Phi) is 4.24. The van der Waals surface area contributed by atoms with Crippen molar-refractivity contribution in [1.29, 1.82) is 0 Å². The second-order valence-electron chi connectivity index (χ2n) is 4.70. The molecule has 0 bridgehead atoms. The second-order valence-corrected chi connectivity index (χ2v) is 5.85. The zero-order valence-corrected chi connectivity index (χ0v) is 11.7. The van der Waals surface area contributed by atoms with Gasteiger partial charge < -0.3 is 10.6 Å². The van der Waals surface area contributed by atoms with Gasteiger partial charge in [0.05, 0.1) is 6.04 Å². The molecule has 5 heteroatoms. The number of hydrogen-bond donors (Lipinski definition) is 1. The first-order valence-electron chi connectivity index (χ1n) is 6.12. The zero-order valence-electron chi connectivity index (χ0n) is 10.8. The molecule has 1 fully saturated rings. The van der Waals surface area contributed by atoms with Crippen molar-refractivity contribution >= 4 is 17.7 Å². The lowest BCUT2D eigenvalue weighted by atomic mass is 10.1. The van der Waals surface area contributed by atoms with Crippen LogP contribution in [0.2, 0.25) is 0 Å². The van der Waals surface area contributed by atoms with Gasteiger partial charge >= 0.3 is 0 Å². The lowest BCUT2D eigenvalue weighted by Crippen LogP contribution is -2.43. The van der Waals surface area contributed by atoms with E-state index in [2.05, 4.69) is 4.98 Å². The van der Waals surface area contributed by atoms with Crippen LogP contribution in [0.3, 0.4) is 0 Å². The highest BCUT2D eigenvalue weighted by molar-refractivity contribution is 7.99. The van der Waals surface area contributed by atoms with E-state index in [-0.39, 0.29) is 11.9 Å². The average molecular weight is 265 g/mol. The van der Waals surface area contributed by atoms with Crippen molar-refractivity contribution in [2.45, 2.75) is 26.4 Å². The van der Waals surface area contributed by atoms with Crippen molar-refractivity contribution in [1.82, 2.24) is 9.88 Å². The minimum atomic E-state index is -0.360. The Morgan fingerprint density at radius 1 is 1.44 bits per heavy atom. The number of hydrogen-bond acceptors (Lipinski definition) is 4.